The average molecular weight is 174 g/mol. The lowest BCUT2D eigenvalue weighted by atomic mass is 10.0. The summed E-state index contributed by atoms with van der Waals surface area (Å²) in [5, 5.41) is 1.42. The Morgan fingerprint density at radius 2 is 2.08 bits per heavy atom. The fraction of sp³-hybridized carbons (Fsp3) is 0.0909. The standard InChI is InChI=1S/C11H14Si/c1-3-6-9(2)10-7-4-5-8-11(10)12/h3-5,7-8H,1-2,6H2,12H3. The van der Waals surface area contributed by atoms with Crippen LogP contribution in [-0.2, 0) is 0 Å². The van der Waals surface area contributed by atoms with Crippen LogP contribution in [0.15, 0.2) is 43.5 Å². The molecule has 0 spiro atoms. The molecular weight excluding hydrogens is 160 g/mol. The summed E-state index contributed by atoms with van der Waals surface area (Å²) >= 11 is 0. The van der Waals surface area contributed by atoms with Crippen LogP contribution in [0.2, 0.25) is 0 Å². The smallest absolute Gasteiger partial charge is 0.0392 e. The van der Waals surface area contributed by atoms with Crippen LogP contribution in [0.3, 0.4) is 0 Å². The highest BCUT2D eigenvalue weighted by Gasteiger charge is 1.98. The largest absolute Gasteiger partial charge is 0.103 e. The van der Waals surface area contributed by atoms with Gasteiger partial charge in [-0.3, -0.25) is 0 Å². The quantitative estimate of drug-likeness (QED) is 0.478. The van der Waals surface area contributed by atoms with Crippen molar-refractivity contribution < 1.29 is 0 Å². The fourth-order valence-electron chi connectivity index (χ4n) is 1.25. The highest BCUT2D eigenvalue weighted by atomic mass is 28.1. The van der Waals surface area contributed by atoms with Crippen molar-refractivity contribution in [3.05, 3.63) is 49.1 Å². The zero-order chi connectivity index (χ0) is 8.97. The highest BCUT2D eigenvalue weighted by Crippen LogP contribution is 2.12. The van der Waals surface area contributed by atoms with Crippen molar-refractivity contribution in [2.75, 3.05) is 0 Å². The third-order valence-corrected chi connectivity index (χ3v) is 2.79. The molecule has 0 heterocycles. The van der Waals surface area contributed by atoms with E-state index in [2.05, 4.69) is 37.4 Å². The molecule has 0 nitrogen and oxygen atoms in total. The molecule has 0 saturated carbocycles. The van der Waals surface area contributed by atoms with Gasteiger partial charge in [0, 0.05) is 10.2 Å². The summed E-state index contributed by atoms with van der Waals surface area (Å²) in [4.78, 5) is 0. The molecule has 1 aromatic rings. The van der Waals surface area contributed by atoms with Crippen molar-refractivity contribution in [1.82, 2.24) is 0 Å². The molecule has 0 atom stereocenters. The third-order valence-electron chi connectivity index (χ3n) is 1.92. The van der Waals surface area contributed by atoms with Gasteiger partial charge in [-0.2, -0.15) is 0 Å². The first kappa shape index (κ1) is 9.01. The van der Waals surface area contributed by atoms with E-state index in [0.717, 1.165) is 16.7 Å². The number of allylic oxidation sites excluding steroid dienone is 2. The number of hydrogen-bond acceptors (Lipinski definition) is 0. The maximum absolute atomic E-state index is 4.03. The molecule has 1 aromatic carbocycles. The van der Waals surface area contributed by atoms with Crippen LogP contribution in [0.4, 0.5) is 0 Å². The minimum absolute atomic E-state index is 0.888. The van der Waals surface area contributed by atoms with E-state index >= 15 is 0 Å². The maximum atomic E-state index is 4.03. The lowest BCUT2D eigenvalue weighted by Crippen LogP contribution is -2.07. The van der Waals surface area contributed by atoms with Crippen LogP contribution in [0, 0.1) is 0 Å². The lowest BCUT2D eigenvalue weighted by molar-refractivity contribution is 1.42. The van der Waals surface area contributed by atoms with E-state index in [1.807, 2.05) is 6.08 Å². The van der Waals surface area contributed by atoms with E-state index in [9.17, 15) is 0 Å². The van der Waals surface area contributed by atoms with Gasteiger partial charge in [-0.05, 0) is 17.6 Å². The predicted molar refractivity (Wildman–Crippen MR) is 59.9 cm³/mol. The van der Waals surface area contributed by atoms with E-state index in [-0.39, 0.29) is 0 Å². The van der Waals surface area contributed by atoms with Gasteiger partial charge in [0.05, 0.1) is 0 Å². The first-order valence-electron chi connectivity index (χ1n) is 4.10. The molecule has 0 amide bonds. The molecule has 0 saturated heterocycles. The third kappa shape index (κ3) is 1.95. The highest BCUT2D eigenvalue weighted by molar-refractivity contribution is 6.34. The van der Waals surface area contributed by atoms with Gasteiger partial charge in [0.25, 0.3) is 0 Å². The summed E-state index contributed by atoms with van der Waals surface area (Å²) in [7, 11) is 1.09. The molecule has 0 bridgehead atoms. The summed E-state index contributed by atoms with van der Waals surface area (Å²) in [5.41, 5.74) is 2.49. The van der Waals surface area contributed by atoms with Crippen molar-refractivity contribution in [2.45, 2.75) is 6.42 Å². The Hall–Kier alpha value is -1.08. The van der Waals surface area contributed by atoms with Crippen LogP contribution in [-0.4, -0.2) is 10.2 Å². The topological polar surface area (TPSA) is 0 Å². The monoisotopic (exact) mass is 174 g/mol. The zero-order valence-corrected chi connectivity index (χ0v) is 9.51. The maximum Gasteiger partial charge on any atom is 0.0392 e. The van der Waals surface area contributed by atoms with E-state index in [0.29, 0.717) is 0 Å². The zero-order valence-electron chi connectivity index (χ0n) is 7.51. The van der Waals surface area contributed by atoms with E-state index in [1.165, 1.54) is 16.3 Å². The lowest BCUT2D eigenvalue weighted by Gasteiger charge is -2.05. The van der Waals surface area contributed by atoms with Gasteiger partial charge in [-0.15, -0.1) is 6.58 Å². The molecule has 1 heteroatoms. The predicted octanol–water partition coefficient (Wildman–Crippen LogP) is 1.27. The van der Waals surface area contributed by atoms with E-state index in [1.54, 1.807) is 0 Å². The average Bonchev–Trinajstić information content (AvgIpc) is 2.05. The molecule has 0 aromatic heterocycles. The van der Waals surface area contributed by atoms with Gasteiger partial charge >= 0.3 is 0 Å². The molecule has 1 rings (SSSR count). The van der Waals surface area contributed by atoms with Crippen molar-refractivity contribution in [1.29, 1.82) is 0 Å². The van der Waals surface area contributed by atoms with Gasteiger partial charge in [-0.25, -0.2) is 0 Å². The van der Waals surface area contributed by atoms with Gasteiger partial charge in [-0.1, -0.05) is 42.1 Å². The first-order chi connectivity index (χ1) is 5.75. The molecule has 0 fully saturated rings. The van der Waals surface area contributed by atoms with Crippen LogP contribution in [0.1, 0.15) is 12.0 Å². The second kappa shape index (κ2) is 4.07. The Morgan fingerprint density at radius 1 is 1.42 bits per heavy atom. The van der Waals surface area contributed by atoms with Gasteiger partial charge in [0.15, 0.2) is 0 Å². The van der Waals surface area contributed by atoms with Crippen LogP contribution in [0.25, 0.3) is 5.57 Å². The molecule has 62 valence electrons. The molecule has 12 heavy (non-hydrogen) atoms. The van der Waals surface area contributed by atoms with Crippen LogP contribution in [0.5, 0.6) is 0 Å². The van der Waals surface area contributed by atoms with Crippen molar-refractivity contribution >= 4 is 21.0 Å². The normalized spacial score (nSPS) is 9.67. The minimum Gasteiger partial charge on any atom is -0.103 e. The number of benzene rings is 1. The second-order valence-corrected chi connectivity index (χ2v) is 3.99. The summed E-state index contributed by atoms with van der Waals surface area (Å²) in [6, 6.07) is 8.43. The Bertz CT molecular complexity index is 300. The minimum atomic E-state index is 0.888. The Labute approximate surface area is 77.0 Å². The second-order valence-electron chi connectivity index (χ2n) is 2.91. The molecule has 0 aliphatic heterocycles. The molecule has 0 aliphatic rings. The van der Waals surface area contributed by atoms with Crippen LogP contribution >= 0.6 is 0 Å². The molecule has 0 N–H and O–H groups in total. The fourth-order valence-corrected chi connectivity index (χ4v) is 1.97. The summed E-state index contributed by atoms with van der Waals surface area (Å²) in [5.74, 6) is 0. The van der Waals surface area contributed by atoms with Gasteiger partial charge in [0.1, 0.15) is 0 Å². The summed E-state index contributed by atoms with van der Waals surface area (Å²) in [6.45, 7) is 7.73. The van der Waals surface area contributed by atoms with Crippen molar-refractivity contribution in [3.63, 3.8) is 0 Å². The van der Waals surface area contributed by atoms with Gasteiger partial charge in [0.2, 0.25) is 0 Å². The molecule has 0 aliphatic carbocycles. The number of hydrogen-bond donors (Lipinski definition) is 0. The molecular formula is C11H14Si. The van der Waals surface area contributed by atoms with Crippen LogP contribution < -0.4 is 5.19 Å². The Kier molecular flexibility index (Phi) is 3.06. The van der Waals surface area contributed by atoms with E-state index in [4.69, 9.17) is 0 Å². The first-order valence-corrected chi connectivity index (χ1v) is 5.10. The summed E-state index contributed by atoms with van der Waals surface area (Å²) in [6.07, 6.45) is 2.79. The molecule has 0 unspecified atom stereocenters. The van der Waals surface area contributed by atoms with E-state index < -0.39 is 0 Å². The van der Waals surface area contributed by atoms with Gasteiger partial charge < -0.3 is 0 Å². The Morgan fingerprint density at radius 3 is 2.67 bits per heavy atom. The number of rotatable bonds is 3. The summed E-state index contributed by atoms with van der Waals surface area (Å²) < 4.78 is 0. The SMILES string of the molecule is C=CCC(=C)c1ccccc1[SiH3]. The Balaban J connectivity index is 2.94. The van der Waals surface area contributed by atoms with Crippen molar-refractivity contribution in [3.8, 4) is 0 Å². The molecule has 0 radical (unpaired) electrons. The van der Waals surface area contributed by atoms with Crippen molar-refractivity contribution in [2.24, 2.45) is 0 Å².